The molecule has 0 radical (unpaired) electrons. The largest absolute Gasteiger partial charge is 0.360 e. The number of halogens is 1. The van der Waals surface area contributed by atoms with Crippen LogP contribution in [0.3, 0.4) is 0 Å². The van der Waals surface area contributed by atoms with Crippen molar-refractivity contribution in [2.75, 3.05) is 29.4 Å². The van der Waals surface area contributed by atoms with Crippen molar-refractivity contribution in [1.29, 1.82) is 0 Å². The summed E-state index contributed by atoms with van der Waals surface area (Å²) in [5, 5.41) is 0. The molecule has 1 N–H and O–H groups in total. The Morgan fingerprint density at radius 1 is 1.29 bits per heavy atom. The fourth-order valence-electron chi connectivity index (χ4n) is 2.86. The van der Waals surface area contributed by atoms with Gasteiger partial charge in [0.25, 0.3) is 0 Å². The molecule has 1 saturated heterocycles. The molecule has 1 heterocycles. The normalized spacial score (nSPS) is 19.4. The molecule has 1 atom stereocenters. The Bertz CT molecular complexity index is 908. The minimum absolute atomic E-state index is 0.0237. The Morgan fingerprint density at radius 3 is 2.39 bits per heavy atom. The number of sulfone groups is 1. The number of benzene rings is 1. The van der Waals surface area contributed by atoms with E-state index in [0.29, 0.717) is 18.7 Å². The first-order chi connectivity index (χ1) is 12.8. The quantitative estimate of drug-likeness (QED) is 0.619. The van der Waals surface area contributed by atoms with E-state index >= 15 is 0 Å². The predicted molar refractivity (Wildman–Crippen MR) is 111 cm³/mol. The molecule has 0 bridgehead atoms. The van der Waals surface area contributed by atoms with Crippen LogP contribution in [0.25, 0.3) is 0 Å². The van der Waals surface area contributed by atoms with Crippen molar-refractivity contribution < 1.29 is 25.8 Å². The van der Waals surface area contributed by atoms with Gasteiger partial charge in [-0.1, -0.05) is 36.7 Å². The summed E-state index contributed by atoms with van der Waals surface area (Å²) in [6, 6.07) is 5.94. The van der Waals surface area contributed by atoms with Crippen molar-refractivity contribution in [2.45, 2.75) is 33.2 Å². The molecule has 1 aromatic carbocycles. The predicted octanol–water partition coefficient (Wildman–Crippen LogP) is 2.18. The lowest BCUT2D eigenvalue weighted by molar-refractivity contribution is -0.136. The molecule has 158 valence electrons. The zero-order chi connectivity index (χ0) is 21.2. The molecule has 2 rings (SSSR count). The van der Waals surface area contributed by atoms with E-state index in [-0.39, 0.29) is 16.9 Å². The highest BCUT2D eigenvalue weighted by molar-refractivity contribution is 9.10. The van der Waals surface area contributed by atoms with Crippen LogP contribution in [0.2, 0.25) is 0 Å². The van der Waals surface area contributed by atoms with Gasteiger partial charge in [0.05, 0.1) is 17.2 Å². The van der Waals surface area contributed by atoms with Crippen molar-refractivity contribution in [3.05, 3.63) is 28.7 Å². The smallest absolute Gasteiger partial charge is 0.336 e. The standard InChI is InChI=1S/C17H25BrN2O6S2/c1-17(2,3)12-20(15-8-9-27(22,23)11-15)16(21)10-26-28(24,25)19-14-6-4-13(18)5-7-14/h4-7,15,19H,8-12H2,1-3H3. The summed E-state index contributed by atoms with van der Waals surface area (Å²) >= 11 is 3.25. The molecule has 1 aromatic rings. The van der Waals surface area contributed by atoms with Crippen LogP contribution < -0.4 is 4.72 Å². The Hall–Kier alpha value is -1.17. The topological polar surface area (TPSA) is 110 Å². The fourth-order valence-corrected chi connectivity index (χ4v) is 5.59. The molecule has 1 aliphatic rings. The van der Waals surface area contributed by atoms with E-state index in [0.717, 1.165) is 4.47 Å². The first-order valence-electron chi connectivity index (χ1n) is 8.69. The van der Waals surface area contributed by atoms with E-state index in [2.05, 4.69) is 20.7 Å². The van der Waals surface area contributed by atoms with Crippen LogP contribution in [-0.2, 0) is 29.1 Å². The number of carbonyl (C=O) groups excluding carboxylic acids is 1. The zero-order valence-corrected chi connectivity index (χ0v) is 19.2. The van der Waals surface area contributed by atoms with Crippen molar-refractivity contribution in [3.63, 3.8) is 0 Å². The summed E-state index contributed by atoms with van der Waals surface area (Å²) in [6.07, 6.45) is 0.341. The molecule has 28 heavy (non-hydrogen) atoms. The monoisotopic (exact) mass is 496 g/mol. The van der Waals surface area contributed by atoms with Gasteiger partial charge in [-0.15, -0.1) is 0 Å². The van der Waals surface area contributed by atoms with Crippen molar-refractivity contribution in [1.82, 2.24) is 4.90 Å². The average Bonchev–Trinajstić information content (AvgIpc) is 2.91. The van der Waals surface area contributed by atoms with Gasteiger partial charge in [0.15, 0.2) is 9.84 Å². The van der Waals surface area contributed by atoms with Crippen LogP contribution >= 0.6 is 15.9 Å². The Balaban J connectivity index is 2.04. The van der Waals surface area contributed by atoms with Gasteiger partial charge in [0.2, 0.25) is 5.91 Å². The first kappa shape index (κ1) is 23.1. The van der Waals surface area contributed by atoms with Gasteiger partial charge in [-0.2, -0.15) is 8.42 Å². The van der Waals surface area contributed by atoms with E-state index < -0.39 is 38.7 Å². The molecule has 0 aliphatic carbocycles. The van der Waals surface area contributed by atoms with E-state index in [1.165, 1.54) is 4.90 Å². The summed E-state index contributed by atoms with van der Waals surface area (Å²) < 4.78 is 55.7. The van der Waals surface area contributed by atoms with Gasteiger partial charge in [-0.25, -0.2) is 12.6 Å². The van der Waals surface area contributed by atoms with Crippen molar-refractivity contribution in [3.8, 4) is 0 Å². The third-order valence-corrected chi connectivity index (χ3v) is 7.23. The SMILES string of the molecule is CC(C)(C)CN(C(=O)COS(=O)(=O)Nc1ccc(Br)cc1)C1CCS(=O)(=O)C1. The third kappa shape index (κ3) is 7.34. The highest BCUT2D eigenvalue weighted by Crippen LogP contribution is 2.24. The number of carbonyl (C=O) groups is 1. The number of amides is 1. The van der Waals surface area contributed by atoms with Gasteiger partial charge in [-0.05, 0) is 36.1 Å². The molecule has 1 aliphatic heterocycles. The van der Waals surface area contributed by atoms with Gasteiger partial charge >= 0.3 is 10.3 Å². The lowest BCUT2D eigenvalue weighted by Gasteiger charge is -2.34. The summed E-state index contributed by atoms with van der Waals surface area (Å²) in [7, 11) is -7.38. The number of hydrogen-bond donors (Lipinski definition) is 1. The highest BCUT2D eigenvalue weighted by atomic mass is 79.9. The minimum atomic E-state index is -4.20. The van der Waals surface area contributed by atoms with Crippen LogP contribution in [0.4, 0.5) is 5.69 Å². The van der Waals surface area contributed by atoms with Gasteiger partial charge < -0.3 is 4.90 Å². The Kier molecular flexibility index (Phi) is 7.17. The summed E-state index contributed by atoms with van der Waals surface area (Å²) in [5.74, 6) is -0.646. The minimum Gasteiger partial charge on any atom is -0.336 e. The number of rotatable bonds is 7. The number of nitrogens with zero attached hydrogens (tertiary/aromatic N) is 1. The van der Waals surface area contributed by atoms with E-state index in [4.69, 9.17) is 4.18 Å². The summed E-state index contributed by atoms with van der Waals surface area (Å²) in [6.45, 7) is 5.37. The van der Waals surface area contributed by atoms with Crippen LogP contribution in [0.5, 0.6) is 0 Å². The Labute approximate surface area is 174 Å². The summed E-state index contributed by atoms with van der Waals surface area (Å²) in [4.78, 5) is 14.1. The van der Waals surface area contributed by atoms with Gasteiger partial charge in [-0.3, -0.25) is 9.52 Å². The molecule has 0 spiro atoms. The summed E-state index contributed by atoms with van der Waals surface area (Å²) in [5.41, 5.74) is 0.0143. The molecular formula is C17H25BrN2O6S2. The molecule has 1 unspecified atom stereocenters. The molecule has 0 saturated carbocycles. The average molecular weight is 497 g/mol. The maximum absolute atomic E-state index is 12.7. The number of anilines is 1. The second kappa shape index (κ2) is 8.68. The molecule has 1 amide bonds. The maximum Gasteiger partial charge on any atom is 0.360 e. The molecule has 8 nitrogen and oxygen atoms in total. The lowest BCUT2D eigenvalue weighted by atomic mass is 9.95. The van der Waals surface area contributed by atoms with Crippen LogP contribution in [0.1, 0.15) is 27.2 Å². The molecule has 11 heteroatoms. The Morgan fingerprint density at radius 2 is 1.89 bits per heavy atom. The third-order valence-electron chi connectivity index (χ3n) is 4.04. The van der Waals surface area contributed by atoms with Crippen molar-refractivity contribution in [2.24, 2.45) is 5.41 Å². The van der Waals surface area contributed by atoms with E-state index in [1.807, 2.05) is 20.8 Å². The lowest BCUT2D eigenvalue weighted by Crippen LogP contribution is -2.47. The molecular weight excluding hydrogens is 472 g/mol. The second-order valence-electron chi connectivity index (χ2n) is 7.96. The number of nitrogens with one attached hydrogen (secondary N) is 1. The maximum atomic E-state index is 12.7. The first-order valence-corrected chi connectivity index (χ1v) is 12.7. The molecule has 0 aromatic heterocycles. The zero-order valence-electron chi connectivity index (χ0n) is 16.0. The van der Waals surface area contributed by atoms with E-state index in [9.17, 15) is 21.6 Å². The van der Waals surface area contributed by atoms with Crippen LogP contribution in [0, 0.1) is 5.41 Å². The molecule has 1 fully saturated rings. The second-order valence-corrected chi connectivity index (χ2v) is 12.5. The van der Waals surface area contributed by atoms with Gasteiger partial charge in [0, 0.05) is 17.1 Å². The van der Waals surface area contributed by atoms with Crippen LogP contribution in [-0.4, -0.2) is 58.3 Å². The van der Waals surface area contributed by atoms with E-state index in [1.54, 1.807) is 24.3 Å². The fraction of sp³-hybridized carbons (Fsp3) is 0.588. The highest BCUT2D eigenvalue weighted by Gasteiger charge is 2.36. The number of hydrogen-bond acceptors (Lipinski definition) is 6. The van der Waals surface area contributed by atoms with Crippen LogP contribution in [0.15, 0.2) is 28.7 Å². The van der Waals surface area contributed by atoms with Gasteiger partial charge in [0.1, 0.15) is 6.61 Å². The van der Waals surface area contributed by atoms with Crippen molar-refractivity contribution >= 4 is 47.7 Å².